The van der Waals surface area contributed by atoms with Crippen molar-refractivity contribution in [2.45, 2.75) is 19.8 Å². The molecule has 2 rings (SSSR count). The molecule has 0 unspecified atom stereocenters. The maximum absolute atomic E-state index is 12.3. The second-order valence-corrected chi connectivity index (χ2v) is 4.44. The minimum absolute atomic E-state index is 0.108. The van der Waals surface area contributed by atoms with Crippen LogP contribution in [-0.2, 0) is 4.74 Å². The summed E-state index contributed by atoms with van der Waals surface area (Å²) in [6.45, 7) is 3.36. The Bertz CT molecular complexity index is 406. The van der Waals surface area contributed by atoms with Gasteiger partial charge in [0.1, 0.15) is 5.75 Å². The summed E-state index contributed by atoms with van der Waals surface area (Å²) >= 11 is 0. The number of hydrogen-bond acceptors (Lipinski definition) is 3. The standard InChI is InChI=1S/C14H18O3/c1-10-3-4-12(9-13(10)16-2)14(15)11-5-7-17-8-6-11/h3-4,9,11H,5-8H2,1-2H3. The molecule has 3 heteroatoms. The van der Waals surface area contributed by atoms with Gasteiger partial charge in [-0.25, -0.2) is 0 Å². The lowest BCUT2D eigenvalue weighted by molar-refractivity contribution is 0.0544. The highest BCUT2D eigenvalue weighted by atomic mass is 16.5. The maximum atomic E-state index is 12.3. The SMILES string of the molecule is COc1cc(C(=O)C2CCOCC2)ccc1C. The third kappa shape index (κ3) is 2.67. The van der Waals surface area contributed by atoms with Gasteiger partial charge in [0.15, 0.2) is 5.78 Å². The Hall–Kier alpha value is -1.35. The molecule has 1 fully saturated rings. The van der Waals surface area contributed by atoms with Crippen LogP contribution in [0.15, 0.2) is 18.2 Å². The normalized spacial score (nSPS) is 16.8. The molecule has 1 aliphatic rings. The van der Waals surface area contributed by atoms with Crippen molar-refractivity contribution in [3.63, 3.8) is 0 Å². The highest BCUT2D eigenvalue weighted by Crippen LogP contribution is 2.24. The molecular formula is C14H18O3. The van der Waals surface area contributed by atoms with Gasteiger partial charge in [-0.3, -0.25) is 4.79 Å². The first-order chi connectivity index (χ1) is 8.22. The fraction of sp³-hybridized carbons (Fsp3) is 0.500. The molecule has 0 N–H and O–H groups in total. The van der Waals surface area contributed by atoms with Crippen LogP contribution in [0.25, 0.3) is 0 Å². The molecule has 0 spiro atoms. The number of hydrogen-bond donors (Lipinski definition) is 0. The number of benzene rings is 1. The van der Waals surface area contributed by atoms with Gasteiger partial charge in [-0.2, -0.15) is 0 Å². The molecular weight excluding hydrogens is 216 g/mol. The van der Waals surface area contributed by atoms with Crippen LogP contribution in [0.5, 0.6) is 5.75 Å². The summed E-state index contributed by atoms with van der Waals surface area (Å²) in [5, 5.41) is 0. The van der Waals surface area contributed by atoms with E-state index in [2.05, 4.69) is 0 Å². The van der Waals surface area contributed by atoms with E-state index in [1.807, 2.05) is 25.1 Å². The minimum Gasteiger partial charge on any atom is -0.496 e. The molecule has 0 aromatic heterocycles. The predicted octanol–water partition coefficient (Wildman–Crippen LogP) is 2.61. The van der Waals surface area contributed by atoms with Gasteiger partial charge in [0, 0.05) is 24.7 Å². The molecule has 92 valence electrons. The number of carbonyl (C=O) groups excluding carboxylic acids is 1. The van der Waals surface area contributed by atoms with Gasteiger partial charge < -0.3 is 9.47 Å². The summed E-state index contributed by atoms with van der Waals surface area (Å²) < 4.78 is 10.5. The van der Waals surface area contributed by atoms with Crippen LogP contribution >= 0.6 is 0 Å². The van der Waals surface area contributed by atoms with Crippen LogP contribution in [0.3, 0.4) is 0 Å². The number of methoxy groups -OCH3 is 1. The quantitative estimate of drug-likeness (QED) is 0.754. The lowest BCUT2D eigenvalue weighted by Crippen LogP contribution is -2.23. The van der Waals surface area contributed by atoms with Crippen LogP contribution in [-0.4, -0.2) is 26.1 Å². The van der Waals surface area contributed by atoms with Crippen molar-refractivity contribution in [3.05, 3.63) is 29.3 Å². The van der Waals surface area contributed by atoms with Crippen molar-refractivity contribution in [1.82, 2.24) is 0 Å². The molecule has 0 radical (unpaired) electrons. The zero-order chi connectivity index (χ0) is 12.3. The minimum atomic E-state index is 0.108. The monoisotopic (exact) mass is 234 g/mol. The number of Topliss-reactive ketones (excluding diaryl/α,β-unsaturated/α-hetero) is 1. The van der Waals surface area contributed by atoms with Gasteiger partial charge in [0.2, 0.25) is 0 Å². The summed E-state index contributed by atoms with van der Waals surface area (Å²) in [7, 11) is 1.63. The summed E-state index contributed by atoms with van der Waals surface area (Å²) in [5.41, 5.74) is 1.80. The molecule has 1 aromatic carbocycles. The first-order valence-electron chi connectivity index (χ1n) is 5.99. The van der Waals surface area contributed by atoms with Crippen molar-refractivity contribution in [1.29, 1.82) is 0 Å². The van der Waals surface area contributed by atoms with E-state index in [0.717, 1.165) is 29.7 Å². The van der Waals surface area contributed by atoms with Crippen molar-refractivity contribution < 1.29 is 14.3 Å². The number of rotatable bonds is 3. The fourth-order valence-corrected chi connectivity index (χ4v) is 2.17. The topological polar surface area (TPSA) is 35.5 Å². The average Bonchev–Trinajstić information content (AvgIpc) is 2.39. The van der Waals surface area contributed by atoms with Gasteiger partial charge in [0.25, 0.3) is 0 Å². The molecule has 17 heavy (non-hydrogen) atoms. The van der Waals surface area contributed by atoms with E-state index in [4.69, 9.17) is 9.47 Å². The second-order valence-electron chi connectivity index (χ2n) is 4.44. The lowest BCUT2D eigenvalue weighted by atomic mass is 9.90. The van der Waals surface area contributed by atoms with Crippen LogP contribution in [0, 0.1) is 12.8 Å². The summed E-state index contributed by atoms with van der Waals surface area (Å²) in [5.74, 6) is 1.10. The Balaban J connectivity index is 2.18. The number of ether oxygens (including phenoxy) is 2. The highest BCUT2D eigenvalue weighted by molar-refractivity contribution is 5.98. The molecule has 1 saturated heterocycles. The van der Waals surface area contributed by atoms with Crippen molar-refractivity contribution in [3.8, 4) is 5.75 Å². The molecule has 1 aliphatic heterocycles. The van der Waals surface area contributed by atoms with Gasteiger partial charge in [-0.1, -0.05) is 12.1 Å². The molecule has 1 heterocycles. The van der Waals surface area contributed by atoms with Crippen molar-refractivity contribution in [2.24, 2.45) is 5.92 Å². The fourth-order valence-electron chi connectivity index (χ4n) is 2.17. The van der Waals surface area contributed by atoms with Crippen molar-refractivity contribution >= 4 is 5.78 Å². The van der Waals surface area contributed by atoms with E-state index in [9.17, 15) is 4.79 Å². The van der Waals surface area contributed by atoms with E-state index < -0.39 is 0 Å². The van der Waals surface area contributed by atoms with Gasteiger partial charge in [-0.05, 0) is 31.4 Å². The number of aryl methyl sites for hydroxylation is 1. The maximum Gasteiger partial charge on any atom is 0.166 e. The largest absolute Gasteiger partial charge is 0.496 e. The van der Waals surface area contributed by atoms with Gasteiger partial charge in [0.05, 0.1) is 7.11 Å². The Morgan fingerprint density at radius 1 is 1.35 bits per heavy atom. The van der Waals surface area contributed by atoms with E-state index in [1.54, 1.807) is 7.11 Å². The Labute approximate surface area is 102 Å². The smallest absolute Gasteiger partial charge is 0.166 e. The van der Waals surface area contributed by atoms with Crippen LogP contribution in [0.4, 0.5) is 0 Å². The number of carbonyl (C=O) groups is 1. The second kappa shape index (κ2) is 5.32. The molecule has 0 atom stereocenters. The molecule has 0 bridgehead atoms. The Kier molecular flexibility index (Phi) is 3.79. The third-order valence-corrected chi connectivity index (χ3v) is 3.28. The van der Waals surface area contributed by atoms with Crippen LogP contribution < -0.4 is 4.74 Å². The molecule has 3 nitrogen and oxygen atoms in total. The van der Waals surface area contributed by atoms with Gasteiger partial charge in [-0.15, -0.1) is 0 Å². The lowest BCUT2D eigenvalue weighted by Gasteiger charge is -2.21. The summed E-state index contributed by atoms with van der Waals surface area (Å²) in [6, 6.07) is 5.66. The first-order valence-corrected chi connectivity index (χ1v) is 5.99. The Morgan fingerprint density at radius 2 is 2.06 bits per heavy atom. The zero-order valence-corrected chi connectivity index (χ0v) is 10.4. The van der Waals surface area contributed by atoms with E-state index >= 15 is 0 Å². The van der Waals surface area contributed by atoms with Crippen LogP contribution in [0.1, 0.15) is 28.8 Å². The van der Waals surface area contributed by atoms with E-state index in [0.29, 0.717) is 13.2 Å². The molecule has 0 aliphatic carbocycles. The highest BCUT2D eigenvalue weighted by Gasteiger charge is 2.23. The van der Waals surface area contributed by atoms with Crippen molar-refractivity contribution in [2.75, 3.05) is 20.3 Å². The molecule has 0 amide bonds. The summed E-state index contributed by atoms with van der Waals surface area (Å²) in [4.78, 5) is 12.3. The average molecular weight is 234 g/mol. The van der Waals surface area contributed by atoms with Crippen LogP contribution in [0.2, 0.25) is 0 Å². The zero-order valence-electron chi connectivity index (χ0n) is 10.4. The van der Waals surface area contributed by atoms with Gasteiger partial charge >= 0.3 is 0 Å². The van der Waals surface area contributed by atoms with E-state index in [1.165, 1.54) is 0 Å². The Morgan fingerprint density at radius 3 is 2.71 bits per heavy atom. The van der Waals surface area contributed by atoms with E-state index in [-0.39, 0.29) is 11.7 Å². The first kappa shape index (κ1) is 12.1. The molecule has 1 aromatic rings. The third-order valence-electron chi connectivity index (χ3n) is 3.28. The summed E-state index contributed by atoms with van der Waals surface area (Å²) in [6.07, 6.45) is 1.66. The molecule has 0 saturated carbocycles. The number of ketones is 1. The predicted molar refractivity (Wildman–Crippen MR) is 65.6 cm³/mol.